The molecule has 0 saturated carbocycles. The standard InChI is InChI=1S/C17H17N3O2S/c1-2-20(16-7-4-3-5-8-16)23(21,22)17-11-9-15(10-12-17)19-14-6-13-18-19/h3-14H,2H2,1H3. The summed E-state index contributed by atoms with van der Waals surface area (Å²) in [5.74, 6) is 0. The Hall–Kier alpha value is -2.60. The number of nitrogens with zero attached hydrogens (tertiary/aromatic N) is 3. The largest absolute Gasteiger partial charge is 0.267 e. The van der Waals surface area contributed by atoms with Gasteiger partial charge >= 0.3 is 0 Å². The van der Waals surface area contributed by atoms with Crippen molar-refractivity contribution in [3.8, 4) is 5.69 Å². The summed E-state index contributed by atoms with van der Waals surface area (Å²) in [5, 5.41) is 4.13. The van der Waals surface area contributed by atoms with E-state index < -0.39 is 10.0 Å². The highest BCUT2D eigenvalue weighted by Gasteiger charge is 2.23. The molecule has 0 spiro atoms. The summed E-state index contributed by atoms with van der Waals surface area (Å²) >= 11 is 0. The molecule has 3 rings (SSSR count). The van der Waals surface area contributed by atoms with Gasteiger partial charge in [0, 0.05) is 18.9 Å². The van der Waals surface area contributed by atoms with Crippen molar-refractivity contribution in [2.45, 2.75) is 11.8 Å². The van der Waals surface area contributed by atoms with Crippen molar-refractivity contribution in [1.29, 1.82) is 0 Å². The summed E-state index contributed by atoms with van der Waals surface area (Å²) in [5.41, 5.74) is 1.47. The molecule has 1 aromatic heterocycles. The molecule has 0 atom stereocenters. The number of sulfonamides is 1. The molecule has 2 aromatic carbocycles. The van der Waals surface area contributed by atoms with E-state index in [-0.39, 0.29) is 4.90 Å². The molecule has 0 aliphatic carbocycles. The summed E-state index contributed by atoms with van der Waals surface area (Å²) in [6.07, 6.45) is 3.49. The molecule has 1 heterocycles. The molecule has 23 heavy (non-hydrogen) atoms. The first kappa shape index (κ1) is 15.3. The maximum absolute atomic E-state index is 12.9. The summed E-state index contributed by atoms with van der Waals surface area (Å²) in [4.78, 5) is 0.263. The molecule has 0 radical (unpaired) electrons. The van der Waals surface area contributed by atoms with Crippen LogP contribution >= 0.6 is 0 Å². The van der Waals surface area contributed by atoms with E-state index in [2.05, 4.69) is 5.10 Å². The van der Waals surface area contributed by atoms with Crippen molar-refractivity contribution >= 4 is 15.7 Å². The molecule has 0 aliphatic rings. The Bertz CT molecular complexity index is 858. The molecule has 0 fully saturated rings. The lowest BCUT2D eigenvalue weighted by Gasteiger charge is -2.23. The third-order valence-electron chi connectivity index (χ3n) is 3.53. The minimum atomic E-state index is -3.59. The van der Waals surface area contributed by atoms with Crippen molar-refractivity contribution in [2.24, 2.45) is 0 Å². The van der Waals surface area contributed by atoms with E-state index in [0.717, 1.165) is 5.69 Å². The predicted molar refractivity (Wildman–Crippen MR) is 90.2 cm³/mol. The van der Waals surface area contributed by atoms with Crippen LogP contribution in [-0.4, -0.2) is 24.7 Å². The molecule has 0 unspecified atom stereocenters. The first-order valence-corrected chi connectivity index (χ1v) is 8.75. The average molecular weight is 327 g/mol. The topological polar surface area (TPSA) is 55.2 Å². The van der Waals surface area contributed by atoms with Crippen LogP contribution in [0, 0.1) is 0 Å². The number of rotatable bonds is 5. The van der Waals surface area contributed by atoms with Crippen LogP contribution in [0.1, 0.15) is 6.92 Å². The van der Waals surface area contributed by atoms with Crippen LogP contribution < -0.4 is 4.31 Å². The van der Waals surface area contributed by atoms with Crippen molar-refractivity contribution in [3.63, 3.8) is 0 Å². The molecule has 0 N–H and O–H groups in total. The first-order chi connectivity index (χ1) is 11.1. The van der Waals surface area contributed by atoms with E-state index in [1.165, 1.54) is 4.31 Å². The van der Waals surface area contributed by atoms with Crippen LogP contribution in [0.2, 0.25) is 0 Å². The lowest BCUT2D eigenvalue weighted by molar-refractivity contribution is 0.592. The highest BCUT2D eigenvalue weighted by molar-refractivity contribution is 7.92. The van der Waals surface area contributed by atoms with E-state index in [1.54, 1.807) is 47.3 Å². The van der Waals surface area contributed by atoms with Crippen LogP contribution in [-0.2, 0) is 10.0 Å². The summed E-state index contributed by atoms with van der Waals surface area (Å²) in [6.45, 7) is 2.19. The Balaban J connectivity index is 1.96. The maximum atomic E-state index is 12.9. The van der Waals surface area contributed by atoms with Crippen LogP contribution in [0.3, 0.4) is 0 Å². The van der Waals surface area contributed by atoms with Crippen LogP contribution in [0.15, 0.2) is 78.0 Å². The van der Waals surface area contributed by atoms with Crippen molar-refractivity contribution < 1.29 is 8.42 Å². The van der Waals surface area contributed by atoms with E-state index in [9.17, 15) is 8.42 Å². The number of para-hydroxylation sites is 1. The van der Waals surface area contributed by atoms with Crippen LogP contribution in [0.25, 0.3) is 5.69 Å². The quantitative estimate of drug-likeness (QED) is 0.723. The zero-order valence-corrected chi connectivity index (χ0v) is 13.5. The molecule has 5 nitrogen and oxygen atoms in total. The molecule has 0 aliphatic heterocycles. The second-order valence-electron chi connectivity index (χ2n) is 4.95. The van der Waals surface area contributed by atoms with Crippen molar-refractivity contribution in [3.05, 3.63) is 73.1 Å². The average Bonchev–Trinajstić information content (AvgIpc) is 3.11. The van der Waals surface area contributed by atoms with Gasteiger partial charge in [0.05, 0.1) is 16.3 Å². The second-order valence-corrected chi connectivity index (χ2v) is 6.81. The zero-order valence-electron chi connectivity index (χ0n) is 12.7. The third-order valence-corrected chi connectivity index (χ3v) is 5.44. The zero-order chi connectivity index (χ0) is 16.3. The number of aromatic nitrogens is 2. The van der Waals surface area contributed by atoms with Crippen LogP contribution in [0.5, 0.6) is 0 Å². The Morgan fingerprint density at radius 2 is 1.70 bits per heavy atom. The van der Waals surface area contributed by atoms with Gasteiger partial charge in [-0.3, -0.25) is 4.31 Å². The fraction of sp³-hybridized carbons (Fsp3) is 0.118. The highest BCUT2D eigenvalue weighted by Crippen LogP contribution is 2.23. The van der Waals surface area contributed by atoms with Gasteiger partial charge in [-0.1, -0.05) is 18.2 Å². The first-order valence-electron chi connectivity index (χ1n) is 7.31. The Morgan fingerprint density at radius 3 is 2.26 bits per heavy atom. The van der Waals surface area contributed by atoms with Gasteiger partial charge in [0.2, 0.25) is 0 Å². The lowest BCUT2D eigenvalue weighted by Crippen LogP contribution is -2.30. The number of hydrogen-bond donors (Lipinski definition) is 0. The normalized spacial score (nSPS) is 11.3. The van der Waals surface area contributed by atoms with Gasteiger partial charge in [-0.15, -0.1) is 0 Å². The summed E-state index contributed by atoms with van der Waals surface area (Å²) in [7, 11) is -3.59. The number of benzene rings is 2. The molecular weight excluding hydrogens is 310 g/mol. The molecular formula is C17H17N3O2S. The maximum Gasteiger partial charge on any atom is 0.264 e. The minimum absolute atomic E-state index is 0.263. The third kappa shape index (κ3) is 2.98. The van der Waals surface area contributed by atoms with E-state index in [0.29, 0.717) is 12.2 Å². The Morgan fingerprint density at radius 1 is 1.00 bits per heavy atom. The Kier molecular flexibility index (Phi) is 4.16. The smallest absolute Gasteiger partial charge is 0.264 e. The monoisotopic (exact) mass is 327 g/mol. The van der Waals surface area contributed by atoms with E-state index in [4.69, 9.17) is 0 Å². The minimum Gasteiger partial charge on any atom is -0.267 e. The van der Waals surface area contributed by atoms with Gasteiger partial charge < -0.3 is 0 Å². The van der Waals surface area contributed by atoms with Gasteiger partial charge in [-0.2, -0.15) is 5.10 Å². The second kappa shape index (κ2) is 6.26. The summed E-state index contributed by atoms with van der Waals surface area (Å²) < 4.78 is 28.8. The number of anilines is 1. The molecule has 3 aromatic rings. The molecule has 118 valence electrons. The summed E-state index contributed by atoms with van der Waals surface area (Å²) in [6, 6.07) is 17.6. The van der Waals surface area contributed by atoms with E-state index >= 15 is 0 Å². The molecule has 0 amide bonds. The predicted octanol–water partition coefficient (Wildman–Crippen LogP) is 3.09. The van der Waals surface area contributed by atoms with Gasteiger partial charge in [0.1, 0.15) is 0 Å². The van der Waals surface area contributed by atoms with Gasteiger partial charge in [-0.05, 0) is 49.4 Å². The van der Waals surface area contributed by atoms with Gasteiger partial charge in [0.25, 0.3) is 10.0 Å². The molecule has 0 bridgehead atoms. The van der Waals surface area contributed by atoms with E-state index in [1.807, 2.05) is 37.4 Å². The van der Waals surface area contributed by atoms with Crippen molar-refractivity contribution in [2.75, 3.05) is 10.8 Å². The van der Waals surface area contributed by atoms with Gasteiger partial charge in [0.15, 0.2) is 0 Å². The van der Waals surface area contributed by atoms with Gasteiger partial charge in [-0.25, -0.2) is 13.1 Å². The van der Waals surface area contributed by atoms with Crippen LogP contribution in [0.4, 0.5) is 5.69 Å². The fourth-order valence-electron chi connectivity index (χ4n) is 2.41. The highest BCUT2D eigenvalue weighted by atomic mass is 32.2. The lowest BCUT2D eigenvalue weighted by atomic mass is 10.3. The molecule has 6 heteroatoms. The Labute approximate surface area is 135 Å². The molecule has 0 saturated heterocycles. The van der Waals surface area contributed by atoms with Crippen molar-refractivity contribution in [1.82, 2.24) is 9.78 Å². The number of hydrogen-bond acceptors (Lipinski definition) is 3. The fourth-order valence-corrected chi connectivity index (χ4v) is 3.88. The SMILES string of the molecule is CCN(c1ccccc1)S(=O)(=O)c1ccc(-n2cccn2)cc1.